The minimum Gasteiger partial charge on any atom is -0.512 e. The van der Waals surface area contributed by atoms with Crippen molar-refractivity contribution in [3.05, 3.63) is 29.8 Å². The lowest BCUT2D eigenvalue weighted by Gasteiger charge is -2.23. The van der Waals surface area contributed by atoms with E-state index < -0.39 is 7.32 Å². The van der Waals surface area contributed by atoms with E-state index in [0.29, 0.717) is 11.3 Å². The summed E-state index contributed by atoms with van der Waals surface area (Å²) in [5, 5.41) is 18.1. The predicted octanol–water partition coefficient (Wildman–Crippen LogP) is 13.0. The Morgan fingerprint density at radius 3 is 1.00 bits per heavy atom. The third-order valence-electron chi connectivity index (χ3n) is 10.2. The first-order chi connectivity index (χ1) is 24.1. The summed E-state index contributed by atoms with van der Waals surface area (Å²) in [5.74, 6) is 0.409. The zero-order chi connectivity index (χ0) is 35.5. The summed E-state index contributed by atoms with van der Waals surface area (Å²) in [4.78, 5) is 15.5. The zero-order valence-corrected chi connectivity index (χ0v) is 32.6. The van der Waals surface area contributed by atoms with E-state index in [9.17, 15) is 4.79 Å². The minimum atomic E-state index is -1.86. The van der Waals surface area contributed by atoms with Crippen LogP contribution < -0.4 is 4.65 Å². The largest absolute Gasteiger partial charge is 0.707 e. The molecule has 6 heteroatoms. The number of carbonyl (C=O) groups excluding carboxylic acids is 1. The molecule has 0 heterocycles. The summed E-state index contributed by atoms with van der Waals surface area (Å²) >= 11 is 0. The van der Waals surface area contributed by atoms with Crippen molar-refractivity contribution in [1.29, 1.82) is 0 Å². The smallest absolute Gasteiger partial charge is 0.512 e. The highest BCUT2D eigenvalue weighted by atomic mass is 16.6. The molecular formula is C43H80BNO4. The second-order valence-electron chi connectivity index (χ2n) is 14.9. The van der Waals surface area contributed by atoms with Gasteiger partial charge in [-0.25, -0.2) is 0 Å². The van der Waals surface area contributed by atoms with E-state index in [4.69, 9.17) is 14.7 Å². The summed E-state index contributed by atoms with van der Waals surface area (Å²) in [6.45, 7) is 6.19. The molecule has 0 fully saturated rings. The Labute approximate surface area is 304 Å². The molecule has 2 N–H and O–H groups in total. The fraction of sp³-hybridized carbons (Fsp3) is 0.837. The van der Waals surface area contributed by atoms with Crippen molar-refractivity contribution in [2.45, 2.75) is 219 Å². The highest BCUT2D eigenvalue weighted by Gasteiger charge is 2.17. The van der Waals surface area contributed by atoms with Gasteiger partial charge in [0.25, 0.3) is 5.91 Å². The van der Waals surface area contributed by atoms with Crippen LogP contribution in [0.5, 0.6) is 5.75 Å². The van der Waals surface area contributed by atoms with Gasteiger partial charge in [0.15, 0.2) is 0 Å². The second-order valence-corrected chi connectivity index (χ2v) is 14.9. The molecule has 0 bridgehead atoms. The molecule has 0 radical (unpaired) electrons. The molecule has 49 heavy (non-hydrogen) atoms. The van der Waals surface area contributed by atoms with Crippen LogP contribution >= 0.6 is 0 Å². The fourth-order valence-corrected chi connectivity index (χ4v) is 7.00. The van der Waals surface area contributed by atoms with Crippen LogP contribution in [0.2, 0.25) is 0 Å². The molecule has 0 atom stereocenters. The van der Waals surface area contributed by atoms with E-state index in [-0.39, 0.29) is 5.91 Å². The van der Waals surface area contributed by atoms with E-state index in [0.717, 1.165) is 25.9 Å². The zero-order valence-electron chi connectivity index (χ0n) is 32.6. The lowest BCUT2D eigenvalue weighted by atomic mass is 10.0. The number of rotatable bonds is 37. The predicted molar refractivity (Wildman–Crippen MR) is 212 cm³/mol. The maximum Gasteiger partial charge on any atom is 0.707 e. The van der Waals surface area contributed by atoms with E-state index in [1.165, 1.54) is 193 Å². The van der Waals surface area contributed by atoms with Gasteiger partial charge in [-0.05, 0) is 37.1 Å². The highest BCUT2D eigenvalue weighted by molar-refractivity contribution is 6.33. The van der Waals surface area contributed by atoms with Gasteiger partial charge in [-0.2, -0.15) is 0 Å². The standard InChI is InChI=1S/C43H80BNO4/c1-3-5-7-9-11-13-15-17-19-21-23-25-27-29-31-33-39-45(43(46)41-35-37-42(38-36-41)49-44(47)48)40-34-32-30-28-26-24-22-20-18-16-14-12-10-8-6-4-2/h35-38,47-48H,3-34,39-40H2,1-2H3. The van der Waals surface area contributed by atoms with Crippen LogP contribution in [0.1, 0.15) is 230 Å². The van der Waals surface area contributed by atoms with Crippen molar-refractivity contribution in [1.82, 2.24) is 4.90 Å². The van der Waals surface area contributed by atoms with Gasteiger partial charge in [0, 0.05) is 18.7 Å². The number of hydrogen-bond acceptors (Lipinski definition) is 4. The van der Waals surface area contributed by atoms with E-state index in [2.05, 4.69) is 13.8 Å². The number of carbonyl (C=O) groups is 1. The minimum absolute atomic E-state index is 0.0676. The molecule has 0 aromatic heterocycles. The molecule has 284 valence electrons. The molecule has 1 aromatic rings. The topological polar surface area (TPSA) is 70.0 Å². The maximum absolute atomic E-state index is 13.4. The monoisotopic (exact) mass is 686 g/mol. The Hall–Kier alpha value is -1.53. The third-order valence-corrected chi connectivity index (χ3v) is 10.2. The number of nitrogens with zero attached hydrogens (tertiary/aromatic N) is 1. The Balaban J connectivity index is 2.22. The summed E-state index contributed by atoms with van der Waals surface area (Å²) < 4.78 is 4.92. The van der Waals surface area contributed by atoms with Crippen molar-refractivity contribution in [2.75, 3.05) is 13.1 Å². The van der Waals surface area contributed by atoms with Gasteiger partial charge in [-0.3, -0.25) is 4.79 Å². The van der Waals surface area contributed by atoms with Gasteiger partial charge in [-0.15, -0.1) is 0 Å². The van der Waals surface area contributed by atoms with E-state index in [1.807, 2.05) is 4.90 Å². The first kappa shape index (κ1) is 45.5. The molecular weight excluding hydrogens is 605 g/mol. The lowest BCUT2D eigenvalue weighted by molar-refractivity contribution is 0.0749. The van der Waals surface area contributed by atoms with Crippen molar-refractivity contribution in [3.63, 3.8) is 0 Å². The normalized spacial score (nSPS) is 11.3. The summed E-state index contributed by atoms with van der Waals surface area (Å²) in [7, 11) is -1.86. The molecule has 0 saturated carbocycles. The van der Waals surface area contributed by atoms with Gasteiger partial charge < -0.3 is 19.6 Å². The molecule has 0 aliphatic heterocycles. The number of hydrogen-bond donors (Lipinski definition) is 2. The number of amides is 1. The Kier molecular flexibility index (Phi) is 32.4. The van der Waals surface area contributed by atoms with Gasteiger partial charge in [-0.1, -0.05) is 206 Å². The van der Waals surface area contributed by atoms with Gasteiger partial charge in [0.1, 0.15) is 5.75 Å². The highest BCUT2D eigenvalue weighted by Crippen LogP contribution is 2.18. The van der Waals surface area contributed by atoms with Gasteiger partial charge in [0.05, 0.1) is 0 Å². The number of unbranched alkanes of at least 4 members (excludes halogenated alkanes) is 30. The molecule has 0 aliphatic carbocycles. The number of benzene rings is 1. The van der Waals surface area contributed by atoms with Gasteiger partial charge >= 0.3 is 7.32 Å². The quantitative estimate of drug-likeness (QED) is 0.0540. The van der Waals surface area contributed by atoms with Crippen LogP contribution in [-0.4, -0.2) is 41.3 Å². The molecule has 1 amide bonds. The first-order valence-electron chi connectivity index (χ1n) is 21.5. The van der Waals surface area contributed by atoms with Crippen LogP contribution in [-0.2, 0) is 0 Å². The molecule has 0 unspecified atom stereocenters. The molecule has 1 rings (SSSR count). The van der Waals surface area contributed by atoms with Crippen molar-refractivity contribution < 1.29 is 19.5 Å². The summed E-state index contributed by atoms with van der Waals surface area (Å²) in [6, 6.07) is 6.73. The fourth-order valence-electron chi connectivity index (χ4n) is 7.00. The van der Waals surface area contributed by atoms with Crippen molar-refractivity contribution in [3.8, 4) is 5.75 Å². The van der Waals surface area contributed by atoms with E-state index in [1.54, 1.807) is 24.3 Å². The maximum atomic E-state index is 13.4. The van der Waals surface area contributed by atoms with Crippen LogP contribution in [0, 0.1) is 0 Å². The van der Waals surface area contributed by atoms with Crippen LogP contribution in [0.15, 0.2) is 24.3 Å². The van der Waals surface area contributed by atoms with Crippen LogP contribution in [0.3, 0.4) is 0 Å². The lowest BCUT2D eigenvalue weighted by Crippen LogP contribution is -2.33. The van der Waals surface area contributed by atoms with Crippen molar-refractivity contribution in [2.24, 2.45) is 0 Å². The van der Waals surface area contributed by atoms with Crippen LogP contribution in [0.25, 0.3) is 0 Å². The second kappa shape index (κ2) is 34.9. The molecule has 1 aromatic carbocycles. The average Bonchev–Trinajstić information content (AvgIpc) is 3.10. The van der Waals surface area contributed by atoms with Gasteiger partial charge in [0.2, 0.25) is 0 Å². The molecule has 0 aliphatic rings. The van der Waals surface area contributed by atoms with Crippen LogP contribution in [0.4, 0.5) is 0 Å². The summed E-state index contributed by atoms with van der Waals surface area (Å²) in [6.07, 6.45) is 43.2. The first-order valence-corrected chi connectivity index (χ1v) is 21.5. The SMILES string of the molecule is CCCCCCCCCCCCCCCCCCN(CCCCCCCCCCCCCCCCCC)C(=O)c1ccc(OB(O)O)cc1. The molecule has 0 spiro atoms. The molecule has 0 saturated heterocycles. The summed E-state index contributed by atoms with van der Waals surface area (Å²) in [5.41, 5.74) is 0.632. The Morgan fingerprint density at radius 2 is 0.735 bits per heavy atom. The average molecular weight is 686 g/mol. The molecule has 5 nitrogen and oxygen atoms in total. The third kappa shape index (κ3) is 28.8. The van der Waals surface area contributed by atoms with Crippen molar-refractivity contribution >= 4 is 13.2 Å². The van der Waals surface area contributed by atoms with E-state index >= 15 is 0 Å². The Morgan fingerprint density at radius 1 is 0.469 bits per heavy atom. The Bertz CT molecular complexity index is 798.